The second-order valence-electron chi connectivity index (χ2n) is 6.63. The van der Waals surface area contributed by atoms with Gasteiger partial charge in [0.1, 0.15) is 12.1 Å². The Labute approximate surface area is 138 Å². The van der Waals surface area contributed by atoms with Crippen molar-refractivity contribution in [3.05, 3.63) is 54.2 Å². The third kappa shape index (κ3) is 2.48. The molecule has 1 aromatic carbocycles. The highest BCUT2D eigenvalue weighted by Crippen LogP contribution is 2.42. The maximum absolute atomic E-state index is 13.4. The summed E-state index contributed by atoms with van der Waals surface area (Å²) in [6.07, 6.45) is 4.07. The molecule has 0 radical (unpaired) electrons. The van der Waals surface area contributed by atoms with Gasteiger partial charge in [0.2, 0.25) is 5.91 Å². The molecule has 1 atom stereocenters. The van der Waals surface area contributed by atoms with Crippen molar-refractivity contribution in [2.75, 3.05) is 24.5 Å². The van der Waals surface area contributed by atoms with Gasteiger partial charge in [-0.1, -0.05) is 6.07 Å². The highest BCUT2D eigenvalue weighted by molar-refractivity contribution is 5.97. The first-order valence-corrected chi connectivity index (χ1v) is 7.94. The Morgan fingerprint density at radius 1 is 1.25 bits per heavy atom. The molecule has 2 aliphatic rings. The number of halogens is 1. The molecule has 0 N–H and O–H groups in total. The lowest BCUT2D eigenvalue weighted by atomic mass is 9.86. The number of furan rings is 1. The largest absolute Gasteiger partial charge is 0.472 e. The number of amides is 2. The van der Waals surface area contributed by atoms with Gasteiger partial charge in [-0.05, 0) is 30.7 Å². The first-order chi connectivity index (χ1) is 11.6. The van der Waals surface area contributed by atoms with Gasteiger partial charge in [-0.15, -0.1) is 0 Å². The molecule has 2 saturated heterocycles. The van der Waals surface area contributed by atoms with Crippen molar-refractivity contribution in [3.63, 3.8) is 0 Å². The molecule has 0 saturated carbocycles. The van der Waals surface area contributed by atoms with Gasteiger partial charge in [0, 0.05) is 37.2 Å². The van der Waals surface area contributed by atoms with E-state index in [0.29, 0.717) is 37.3 Å². The molecular weight excluding hydrogens is 311 g/mol. The number of likely N-dealkylation sites (tertiary alicyclic amines) is 1. The number of hydrogen-bond donors (Lipinski definition) is 0. The molecule has 2 aliphatic heterocycles. The second-order valence-corrected chi connectivity index (χ2v) is 6.63. The summed E-state index contributed by atoms with van der Waals surface area (Å²) in [6, 6.07) is 7.73. The van der Waals surface area contributed by atoms with Crippen molar-refractivity contribution in [3.8, 4) is 0 Å². The lowest BCUT2D eigenvalue weighted by molar-refractivity contribution is -0.117. The zero-order chi connectivity index (χ0) is 16.7. The van der Waals surface area contributed by atoms with Gasteiger partial charge in [-0.25, -0.2) is 4.39 Å². The normalized spacial score (nSPS) is 23.5. The van der Waals surface area contributed by atoms with Crippen LogP contribution in [0, 0.1) is 11.2 Å². The van der Waals surface area contributed by atoms with Crippen LogP contribution in [0.5, 0.6) is 0 Å². The van der Waals surface area contributed by atoms with Crippen LogP contribution in [0.25, 0.3) is 0 Å². The number of carbonyl (C=O) groups excluding carboxylic acids is 2. The minimum Gasteiger partial charge on any atom is -0.472 e. The van der Waals surface area contributed by atoms with E-state index in [9.17, 15) is 14.0 Å². The van der Waals surface area contributed by atoms with Crippen LogP contribution in [-0.4, -0.2) is 36.3 Å². The monoisotopic (exact) mass is 328 g/mol. The van der Waals surface area contributed by atoms with Gasteiger partial charge < -0.3 is 14.2 Å². The molecule has 24 heavy (non-hydrogen) atoms. The van der Waals surface area contributed by atoms with Crippen LogP contribution in [0.2, 0.25) is 0 Å². The summed E-state index contributed by atoms with van der Waals surface area (Å²) in [7, 11) is 0. The van der Waals surface area contributed by atoms with Crippen LogP contribution < -0.4 is 4.90 Å². The first-order valence-electron chi connectivity index (χ1n) is 7.94. The topological polar surface area (TPSA) is 53.8 Å². The predicted molar refractivity (Wildman–Crippen MR) is 85.0 cm³/mol. The molecule has 0 bridgehead atoms. The van der Waals surface area contributed by atoms with E-state index in [-0.39, 0.29) is 23.0 Å². The van der Waals surface area contributed by atoms with Gasteiger partial charge >= 0.3 is 0 Å². The molecule has 0 aliphatic carbocycles. The van der Waals surface area contributed by atoms with Gasteiger partial charge in [0.25, 0.3) is 5.91 Å². The molecule has 1 aromatic heterocycles. The maximum Gasteiger partial charge on any atom is 0.257 e. The molecule has 1 spiro atoms. The summed E-state index contributed by atoms with van der Waals surface area (Å²) in [6.45, 7) is 1.67. The maximum atomic E-state index is 13.4. The van der Waals surface area contributed by atoms with E-state index in [1.165, 1.54) is 24.7 Å². The molecule has 4 rings (SSSR count). The second kappa shape index (κ2) is 5.47. The highest BCUT2D eigenvalue weighted by atomic mass is 19.1. The Kier molecular flexibility index (Phi) is 3.40. The van der Waals surface area contributed by atoms with E-state index >= 15 is 0 Å². The van der Waals surface area contributed by atoms with Crippen LogP contribution >= 0.6 is 0 Å². The lowest BCUT2D eigenvalue weighted by Crippen LogP contribution is -2.34. The summed E-state index contributed by atoms with van der Waals surface area (Å²) in [5.41, 5.74) is 0.859. The fraction of sp³-hybridized carbons (Fsp3) is 0.333. The summed E-state index contributed by atoms with van der Waals surface area (Å²) in [4.78, 5) is 28.3. The SMILES string of the molecule is O=C(c1ccoc1)N1CCC2(CC(=O)N(c3cccc(F)c3)C2)C1. The van der Waals surface area contributed by atoms with Gasteiger partial charge in [0.05, 0.1) is 11.8 Å². The van der Waals surface area contributed by atoms with E-state index in [4.69, 9.17) is 4.42 Å². The molecule has 6 heteroatoms. The fourth-order valence-corrected chi connectivity index (χ4v) is 3.73. The van der Waals surface area contributed by atoms with Crippen LogP contribution in [0.15, 0.2) is 47.3 Å². The van der Waals surface area contributed by atoms with E-state index in [1.807, 2.05) is 0 Å². The van der Waals surface area contributed by atoms with Crippen molar-refractivity contribution in [2.24, 2.45) is 5.41 Å². The first kappa shape index (κ1) is 14.9. The molecule has 2 aromatic rings. The van der Waals surface area contributed by atoms with Crippen molar-refractivity contribution in [1.82, 2.24) is 4.90 Å². The number of benzene rings is 1. The number of hydrogen-bond acceptors (Lipinski definition) is 3. The Morgan fingerprint density at radius 2 is 2.12 bits per heavy atom. The molecule has 124 valence electrons. The summed E-state index contributed by atoms with van der Waals surface area (Å²) >= 11 is 0. The number of anilines is 1. The summed E-state index contributed by atoms with van der Waals surface area (Å²) in [5.74, 6) is -0.445. The molecule has 3 heterocycles. The van der Waals surface area contributed by atoms with E-state index in [0.717, 1.165) is 6.42 Å². The van der Waals surface area contributed by atoms with Gasteiger partial charge in [-0.2, -0.15) is 0 Å². The fourth-order valence-electron chi connectivity index (χ4n) is 3.73. The summed E-state index contributed by atoms with van der Waals surface area (Å²) < 4.78 is 18.4. The van der Waals surface area contributed by atoms with Gasteiger partial charge in [-0.3, -0.25) is 9.59 Å². The van der Waals surface area contributed by atoms with E-state index in [2.05, 4.69) is 0 Å². The van der Waals surface area contributed by atoms with Crippen molar-refractivity contribution < 1.29 is 18.4 Å². The Bertz CT molecular complexity index is 789. The van der Waals surface area contributed by atoms with Crippen LogP contribution in [0.4, 0.5) is 10.1 Å². The van der Waals surface area contributed by atoms with Crippen molar-refractivity contribution in [1.29, 1.82) is 0 Å². The summed E-state index contributed by atoms with van der Waals surface area (Å²) in [5, 5.41) is 0. The predicted octanol–water partition coefficient (Wildman–Crippen LogP) is 2.69. The van der Waals surface area contributed by atoms with E-state index < -0.39 is 0 Å². The smallest absolute Gasteiger partial charge is 0.257 e. The number of carbonyl (C=O) groups is 2. The molecule has 1 unspecified atom stereocenters. The highest BCUT2D eigenvalue weighted by Gasteiger charge is 2.48. The molecular formula is C18H17FN2O3. The van der Waals surface area contributed by atoms with Crippen molar-refractivity contribution in [2.45, 2.75) is 12.8 Å². The Morgan fingerprint density at radius 3 is 2.88 bits per heavy atom. The van der Waals surface area contributed by atoms with Gasteiger partial charge in [0.15, 0.2) is 0 Å². The Balaban J connectivity index is 1.51. The minimum atomic E-state index is -0.357. The average Bonchev–Trinajstić information content (AvgIpc) is 3.28. The number of nitrogens with zero attached hydrogens (tertiary/aromatic N) is 2. The molecule has 2 amide bonds. The zero-order valence-corrected chi connectivity index (χ0v) is 13.1. The molecule has 5 nitrogen and oxygen atoms in total. The van der Waals surface area contributed by atoms with Crippen LogP contribution in [0.3, 0.4) is 0 Å². The quantitative estimate of drug-likeness (QED) is 0.852. The minimum absolute atomic E-state index is 0.0155. The lowest BCUT2D eigenvalue weighted by Gasteiger charge is -2.24. The average molecular weight is 328 g/mol. The third-order valence-electron chi connectivity index (χ3n) is 4.93. The van der Waals surface area contributed by atoms with Crippen molar-refractivity contribution >= 4 is 17.5 Å². The Hall–Kier alpha value is -2.63. The van der Waals surface area contributed by atoms with Crippen LogP contribution in [0.1, 0.15) is 23.2 Å². The molecule has 2 fully saturated rings. The standard InChI is InChI=1S/C18H17FN2O3/c19-14-2-1-3-15(8-14)21-12-18(9-16(21)22)5-6-20(11-18)17(23)13-4-7-24-10-13/h1-4,7-8,10H,5-6,9,11-12H2. The third-order valence-corrected chi connectivity index (χ3v) is 4.93. The van der Waals surface area contributed by atoms with Crippen LogP contribution in [-0.2, 0) is 4.79 Å². The van der Waals surface area contributed by atoms with E-state index in [1.54, 1.807) is 28.0 Å². The zero-order valence-electron chi connectivity index (χ0n) is 13.1. The number of rotatable bonds is 2.